The highest BCUT2D eigenvalue weighted by Crippen LogP contribution is 2.01. The molecule has 116 valence electrons. The molecule has 0 saturated carbocycles. The predicted octanol–water partition coefficient (Wildman–Crippen LogP) is 0.119. The molecule has 0 aromatic carbocycles. The zero-order chi connectivity index (χ0) is 15.8. The Morgan fingerprint density at radius 3 is 2.82 bits per heavy atom. The third-order valence-electron chi connectivity index (χ3n) is 2.94. The number of aromatic nitrogens is 3. The van der Waals surface area contributed by atoms with E-state index >= 15 is 0 Å². The van der Waals surface area contributed by atoms with Crippen molar-refractivity contribution in [1.82, 2.24) is 25.4 Å². The van der Waals surface area contributed by atoms with Crippen LogP contribution in [0.15, 0.2) is 41.8 Å². The van der Waals surface area contributed by atoms with Gasteiger partial charge in [0.1, 0.15) is 0 Å². The van der Waals surface area contributed by atoms with Gasteiger partial charge >= 0.3 is 0 Å². The van der Waals surface area contributed by atoms with Gasteiger partial charge in [0.05, 0.1) is 30.7 Å². The van der Waals surface area contributed by atoms with Gasteiger partial charge in [0.2, 0.25) is 5.91 Å². The maximum atomic E-state index is 11.8. The van der Waals surface area contributed by atoms with Gasteiger partial charge in [-0.25, -0.2) is 0 Å². The van der Waals surface area contributed by atoms with Crippen molar-refractivity contribution < 1.29 is 4.79 Å². The number of amides is 1. The molecule has 0 atom stereocenters. The second kappa shape index (κ2) is 7.77. The lowest BCUT2D eigenvalue weighted by Crippen LogP contribution is -2.41. The summed E-state index contributed by atoms with van der Waals surface area (Å²) in [6, 6.07) is 5.45. The molecular weight excluding hydrogens is 282 g/mol. The molecule has 2 aromatic rings. The number of hydrogen-bond acceptors (Lipinski definition) is 4. The summed E-state index contributed by atoms with van der Waals surface area (Å²) in [5.41, 5.74) is 1.68. The highest BCUT2D eigenvalue weighted by molar-refractivity contribution is 5.94. The van der Waals surface area contributed by atoms with Gasteiger partial charge in [0, 0.05) is 26.5 Å². The fourth-order valence-electron chi connectivity index (χ4n) is 1.78. The molecule has 2 rings (SSSR count). The number of pyridine rings is 1. The van der Waals surface area contributed by atoms with Gasteiger partial charge < -0.3 is 16.0 Å². The number of nitrogens with one attached hydrogen (secondary N) is 3. The molecule has 2 aromatic heterocycles. The second-order valence-electron chi connectivity index (χ2n) is 4.52. The normalized spacial score (nSPS) is 11.1. The lowest BCUT2D eigenvalue weighted by atomic mass is 10.4. The maximum absolute atomic E-state index is 11.8. The number of aliphatic imine (C=N–C) groups is 1. The average Bonchev–Trinajstić information content (AvgIpc) is 2.94. The van der Waals surface area contributed by atoms with Gasteiger partial charge in [-0.05, 0) is 18.2 Å². The Morgan fingerprint density at radius 1 is 1.32 bits per heavy atom. The molecule has 0 aliphatic rings. The topological polar surface area (TPSA) is 96.2 Å². The zero-order valence-corrected chi connectivity index (χ0v) is 12.6. The monoisotopic (exact) mass is 301 g/mol. The smallest absolute Gasteiger partial charge is 0.243 e. The molecule has 0 radical (unpaired) electrons. The van der Waals surface area contributed by atoms with E-state index in [4.69, 9.17) is 0 Å². The van der Waals surface area contributed by atoms with Crippen LogP contribution in [0, 0.1) is 0 Å². The molecule has 22 heavy (non-hydrogen) atoms. The standard InChI is InChI=1S/C14H19N7O/c1-15-14(17-9-12-5-7-19-21(12)2)18-10-13(22)20-11-4-3-6-16-8-11/h3-8H,9-10H2,1-2H3,(H,20,22)(H2,15,17,18). The van der Waals surface area contributed by atoms with E-state index in [0.717, 1.165) is 5.69 Å². The van der Waals surface area contributed by atoms with Gasteiger partial charge in [0.15, 0.2) is 5.96 Å². The summed E-state index contributed by atoms with van der Waals surface area (Å²) in [6.07, 6.45) is 4.97. The summed E-state index contributed by atoms with van der Waals surface area (Å²) in [4.78, 5) is 19.8. The highest BCUT2D eigenvalue weighted by Gasteiger charge is 2.05. The fraction of sp³-hybridized carbons (Fsp3) is 0.286. The Labute approximate surface area is 128 Å². The van der Waals surface area contributed by atoms with Gasteiger partial charge in [-0.2, -0.15) is 5.10 Å². The van der Waals surface area contributed by atoms with E-state index in [1.165, 1.54) is 0 Å². The van der Waals surface area contributed by atoms with Crippen LogP contribution in [-0.4, -0.2) is 40.2 Å². The number of carbonyl (C=O) groups excluding carboxylic acids is 1. The quantitative estimate of drug-likeness (QED) is 0.538. The minimum atomic E-state index is -0.170. The maximum Gasteiger partial charge on any atom is 0.243 e. The van der Waals surface area contributed by atoms with Crippen LogP contribution in [0.3, 0.4) is 0 Å². The van der Waals surface area contributed by atoms with Crippen LogP contribution >= 0.6 is 0 Å². The first-order chi connectivity index (χ1) is 10.7. The minimum Gasteiger partial charge on any atom is -0.351 e. The van der Waals surface area contributed by atoms with Crippen molar-refractivity contribution in [3.63, 3.8) is 0 Å². The van der Waals surface area contributed by atoms with Crippen molar-refractivity contribution in [1.29, 1.82) is 0 Å². The summed E-state index contributed by atoms with van der Waals surface area (Å²) in [5.74, 6) is 0.374. The number of rotatable bonds is 5. The Balaban J connectivity index is 1.76. The Bertz CT molecular complexity index is 636. The van der Waals surface area contributed by atoms with Crippen molar-refractivity contribution in [2.24, 2.45) is 12.0 Å². The van der Waals surface area contributed by atoms with Crippen LogP contribution in [0.2, 0.25) is 0 Å². The summed E-state index contributed by atoms with van der Waals surface area (Å²) in [5, 5.41) is 12.9. The van der Waals surface area contributed by atoms with Crippen molar-refractivity contribution >= 4 is 17.6 Å². The first-order valence-corrected chi connectivity index (χ1v) is 6.80. The van der Waals surface area contributed by atoms with E-state index in [2.05, 4.69) is 31.0 Å². The molecule has 0 aliphatic carbocycles. The number of anilines is 1. The lowest BCUT2D eigenvalue weighted by molar-refractivity contribution is -0.115. The molecular formula is C14H19N7O. The number of guanidine groups is 1. The van der Waals surface area contributed by atoms with Crippen molar-refractivity contribution in [2.45, 2.75) is 6.54 Å². The van der Waals surface area contributed by atoms with E-state index in [1.807, 2.05) is 13.1 Å². The molecule has 0 aliphatic heterocycles. The molecule has 0 spiro atoms. The predicted molar refractivity (Wildman–Crippen MR) is 84.3 cm³/mol. The Kier molecular flexibility index (Phi) is 5.47. The summed E-state index contributed by atoms with van der Waals surface area (Å²) in [7, 11) is 3.52. The summed E-state index contributed by atoms with van der Waals surface area (Å²) in [6.45, 7) is 0.681. The van der Waals surface area contributed by atoms with E-state index in [-0.39, 0.29) is 12.5 Å². The SMILES string of the molecule is CN=C(NCC(=O)Nc1cccnc1)NCc1ccnn1C. The summed E-state index contributed by atoms with van der Waals surface area (Å²) >= 11 is 0. The highest BCUT2D eigenvalue weighted by atomic mass is 16.1. The first kappa shape index (κ1) is 15.5. The number of carbonyl (C=O) groups is 1. The fourth-order valence-corrected chi connectivity index (χ4v) is 1.78. The van der Waals surface area contributed by atoms with Crippen molar-refractivity contribution in [2.75, 3.05) is 18.9 Å². The molecule has 0 unspecified atom stereocenters. The molecule has 0 fully saturated rings. The van der Waals surface area contributed by atoms with Crippen LogP contribution < -0.4 is 16.0 Å². The third kappa shape index (κ3) is 4.58. The van der Waals surface area contributed by atoms with E-state index in [9.17, 15) is 4.79 Å². The van der Waals surface area contributed by atoms with E-state index in [0.29, 0.717) is 18.2 Å². The van der Waals surface area contributed by atoms with E-state index in [1.54, 1.807) is 42.5 Å². The molecule has 0 bridgehead atoms. The van der Waals surface area contributed by atoms with Crippen LogP contribution in [-0.2, 0) is 18.4 Å². The van der Waals surface area contributed by atoms with Gasteiger partial charge in [-0.1, -0.05) is 0 Å². The third-order valence-corrected chi connectivity index (χ3v) is 2.94. The van der Waals surface area contributed by atoms with Crippen LogP contribution in [0.25, 0.3) is 0 Å². The number of aryl methyl sites for hydroxylation is 1. The van der Waals surface area contributed by atoms with Gasteiger partial charge in [0.25, 0.3) is 0 Å². The first-order valence-electron chi connectivity index (χ1n) is 6.80. The van der Waals surface area contributed by atoms with Crippen LogP contribution in [0.5, 0.6) is 0 Å². The van der Waals surface area contributed by atoms with Crippen LogP contribution in [0.1, 0.15) is 5.69 Å². The van der Waals surface area contributed by atoms with Crippen molar-refractivity contribution in [3.05, 3.63) is 42.5 Å². The van der Waals surface area contributed by atoms with Gasteiger partial charge in [-0.15, -0.1) is 0 Å². The zero-order valence-electron chi connectivity index (χ0n) is 12.6. The molecule has 1 amide bonds. The Hall–Kier alpha value is -2.90. The average molecular weight is 301 g/mol. The van der Waals surface area contributed by atoms with E-state index < -0.39 is 0 Å². The second-order valence-corrected chi connectivity index (χ2v) is 4.52. The van der Waals surface area contributed by atoms with Crippen molar-refractivity contribution in [3.8, 4) is 0 Å². The molecule has 8 heteroatoms. The van der Waals surface area contributed by atoms with Gasteiger partial charge in [-0.3, -0.25) is 19.5 Å². The molecule has 3 N–H and O–H groups in total. The van der Waals surface area contributed by atoms with Crippen LogP contribution in [0.4, 0.5) is 5.69 Å². The largest absolute Gasteiger partial charge is 0.351 e. The molecule has 8 nitrogen and oxygen atoms in total. The molecule has 2 heterocycles. The lowest BCUT2D eigenvalue weighted by Gasteiger charge is -2.12. The minimum absolute atomic E-state index is 0.111. The summed E-state index contributed by atoms with van der Waals surface area (Å²) < 4.78 is 1.77. The number of nitrogens with zero attached hydrogens (tertiary/aromatic N) is 4. The molecule has 0 saturated heterocycles. The Morgan fingerprint density at radius 2 is 2.18 bits per heavy atom. The number of hydrogen-bond donors (Lipinski definition) is 3.